The second-order valence-electron chi connectivity index (χ2n) is 4.67. The molecule has 0 aliphatic rings. The van der Waals surface area contributed by atoms with Crippen molar-refractivity contribution in [3.63, 3.8) is 0 Å². The number of aliphatic hydroxyl groups excluding tert-OH is 1. The van der Waals surface area contributed by atoms with Gasteiger partial charge in [0.25, 0.3) is 0 Å². The summed E-state index contributed by atoms with van der Waals surface area (Å²) in [6, 6.07) is 7.97. The maximum absolute atomic E-state index is 9.71. The van der Waals surface area contributed by atoms with E-state index in [2.05, 4.69) is 10.1 Å². The molecule has 0 saturated carbocycles. The van der Waals surface area contributed by atoms with E-state index in [1.807, 2.05) is 38.1 Å². The van der Waals surface area contributed by atoms with Gasteiger partial charge in [-0.3, -0.25) is 0 Å². The minimum absolute atomic E-state index is 0.379. The zero-order valence-corrected chi connectivity index (χ0v) is 12.0. The number of aromatic nitrogens is 3. The molecule has 2 aromatic rings. The first-order valence-corrected chi connectivity index (χ1v) is 6.99. The van der Waals surface area contributed by atoms with E-state index in [9.17, 15) is 5.11 Å². The van der Waals surface area contributed by atoms with E-state index in [4.69, 9.17) is 4.74 Å². The zero-order valence-electron chi connectivity index (χ0n) is 12.0. The highest BCUT2D eigenvalue weighted by Gasteiger charge is 2.09. The molecule has 1 N–H and O–H groups in total. The fourth-order valence-corrected chi connectivity index (χ4v) is 1.96. The first-order valence-electron chi connectivity index (χ1n) is 6.99. The lowest BCUT2D eigenvalue weighted by Gasteiger charge is -2.10. The van der Waals surface area contributed by atoms with Crippen LogP contribution in [0.15, 0.2) is 30.6 Å². The van der Waals surface area contributed by atoms with Gasteiger partial charge < -0.3 is 9.84 Å². The van der Waals surface area contributed by atoms with Gasteiger partial charge in [0.2, 0.25) is 0 Å². The summed E-state index contributed by atoms with van der Waals surface area (Å²) in [5.41, 5.74) is 1.15. The molecule has 1 aromatic heterocycles. The van der Waals surface area contributed by atoms with Gasteiger partial charge in [-0.05, 0) is 31.0 Å². The standard InChI is InChI=1S/C15H21N3O2/c1-3-13(19)10-18-15(16-11-17-18)9-12-5-7-14(8-6-12)20-4-2/h5-8,11,13,19H,3-4,9-10H2,1-2H3/t13-/m0/s1. The fraction of sp³-hybridized carbons (Fsp3) is 0.467. The molecule has 0 amide bonds. The van der Waals surface area contributed by atoms with Crippen molar-refractivity contribution in [2.75, 3.05) is 6.61 Å². The fourth-order valence-electron chi connectivity index (χ4n) is 1.96. The second kappa shape index (κ2) is 7.05. The Morgan fingerprint density at radius 3 is 2.65 bits per heavy atom. The third-order valence-corrected chi connectivity index (χ3v) is 3.15. The largest absolute Gasteiger partial charge is 0.494 e. The van der Waals surface area contributed by atoms with Gasteiger partial charge in [-0.25, -0.2) is 9.67 Å². The lowest BCUT2D eigenvalue weighted by molar-refractivity contribution is 0.144. The minimum atomic E-state index is -0.379. The summed E-state index contributed by atoms with van der Waals surface area (Å²) in [4.78, 5) is 4.27. The molecule has 2 rings (SSSR count). The van der Waals surface area contributed by atoms with Crippen LogP contribution in [0.2, 0.25) is 0 Å². The minimum Gasteiger partial charge on any atom is -0.494 e. The first kappa shape index (κ1) is 14.5. The highest BCUT2D eigenvalue weighted by atomic mass is 16.5. The Labute approximate surface area is 119 Å². The summed E-state index contributed by atoms with van der Waals surface area (Å²) in [7, 11) is 0. The smallest absolute Gasteiger partial charge is 0.138 e. The monoisotopic (exact) mass is 275 g/mol. The van der Waals surface area contributed by atoms with Crippen molar-refractivity contribution in [1.29, 1.82) is 0 Å². The molecule has 0 fully saturated rings. The van der Waals surface area contributed by atoms with Gasteiger partial charge in [-0.15, -0.1) is 0 Å². The van der Waals surface area contributed by atoms with E-state index < -0.39 is 0 Å². The predicted octanol–water partition coefficient (Wildman–Crippen LogP) is 2.04. The molecule has 108 valence electrons. The number of nitrogens with zero attached hydrogens (tertiary/aromatic N) is 3. The van der Waals surface area contributed by atoms with Gasteiger partial charge in [0, 0.05) is 6.42 Å². The van der Waals surface area contributed by atoms with Crippen LogP contribution in [0.25, 0.3) is 0 Å². The molecule has 0 radical (unpaired) electrons. The molecule has 5 nitrogen and oxygen atoms in total. The van der Waals surface area contributed by atoms with Crippen molar-refractivity contribution in [1.82, 2.24) is 14.8 Å². The van der Waals surface area contributed by atoms with Gasteiger partial charge >= 0.3 is 0 Å². The Balaban J connectivity index is 2.04. The second-order valence-corrected chi connectivity index (χ2v) is 4.67. The Morgan fingerprint density at radius 1 is 1.25 bits per heavy atom. The van der Waals surface area contributed by atoms with E-state index in [0.717, 1.165) is 17.1 Å². The summed E-state index contributed by atoms with van der Waals surface area (Å²) in [5, 5.41) is 13.9. The van der Waals surface area contributed by atoms with Gasteiger partial charge in [-0.2, -0.15) is 5.10 Å². The van der Waals surface area contributed by atoms with Crippen LogP contribution in [0.1, 0.15) is 31.7 Å². The van der Waals surface area contributed by atoms with E-state index in [-0.39, 0.29) is 6.10 Å². The third-order valence-electron chi connectivity index (χ3n) is 3.15. The molecule has 5 heteroatoms. The van der Waals surface area contributed by atoms with Crippen molar-refractivity contribution in [2.24, 2.45) is 0 Å². The number of hydrogen-bond acceptors (Lipinski definition) is 4. The molecule has 1 aromatic carbocycles. The Kier molecular flexibility index (Phi) is 5.12. The number of rotatable bonds is 7. The first-order chi connectivity index (χ1) is 9.72. The van der Waals surface area contributed by atoms with E-state index >= 15 is 0 Å². The van der Waals surface area contributed by atoms with Gasteiger partial charge in [0.05, 0.1) is 19.3 Å². The topological polar surface area (TPSA) is 60.2 Å². The Hall–Kier alpha value is -1.88. The Bertz CT molecular complexity index is 522. The van der Waals surface area contributed by atoms with Crippen molar-refractivity contribution in [3.8, 4) is 5.75 Å². The summed E-state index contributed by atoms with van der Waals surface area (Å²) in [5.74, 6) is 1.74. The van der Waals surface area contributed by atoms with Gasteiger partial charge in [0.15, 0.2) is 0 Å². The highest BCUT2D eigenvalue weighted by molar-refractivity contribution is 5.28. The molecule has 0 aliphatic carbocycles. The number of aliphatic hydroxyl groups is 1. The molecule has 1 atom stereocenters. The Morgan fingerprint density at radius 2 is 2.00 bits per heavy atom. The number of benzene rings is 1. The van der Waals surface area contributed by atoms with Crippen molar-refractivity contribution in [2.45, 2.75) is 39.3 Å². The summed E-state index contributed by atoms with van der Waals surface area (Å²) in [6.07, 6.45) is 2.56. The van der Waals surface area contributed by atoms with Crippen molar-refractivity contribution in [3.05, 3.63) is 42.0 Å². The molecular formula is C15H21N3O2. The molecule has 0 saturated heterocycles. The SMILES string of the molecule is CCOc1ccc(Cc2ncnn2C[C@@H](O)CC)cc1. The third kappa shape index (κ3) is 3.81. The van der Waals surface area contributed by atoms with Crippen LogP contribution < -0.4 is 4.74 Å². The van der Waals surface area contributed by atoms with Crippen LogP contribution in [0.3, 0.4) is 0 Å². The molecule has 20 heavy (non-hydrogen) atoms. The maximum Gasteiger partial charge on any atom is 0.138 e. The summed E-state index contributed by atoms with van der Waals surface area (Å²) >= 11 is 0. The maximum atomic E-state index is 9.71. The molecule has 1 heterocycles. The summed E-state index contributed by atoms with van der Waals surface area (Å²) in [6.45, 7) is 5.08. The number of ether oxygens (including phenoxy) is 1. The average molecular weight is 275 g/mol. The van der Waals surface area contributed by atoms with Gasteiger partial charge in [-0.1, -0.05) is 19.1 Å². The van der Waals surface area contributed by atoms with E-state index in [0.29, 0.717) is 26.0 Å². The van der Waals surface area contributed by atoms with Crippen molar-refractivity contribution >= 4 is 0 Å². The average Bonchev–Trinajstić information content (AvgIpc) is 2.88. The number of hydrogen-bond donors (Lipinski definition) is 1. The summed E-state index contributed by atoms with van der Waals surface area (Å²) < 4.78 is 7.19. The van der Waals surface area contributed by atoms with Crippen LogP contribution in [0.5, 0.6) is 5.75 Å². The van der Waals surface area contributed by atoms with Crippen LogP contribution >= 0.6 is 0 Å². The van der Waals surface area contributed by atoms with Crippen LogP contribution in [0.4, 0.5) is 0 Å². The predicted molar refractivity (Wildman–Crippen MR) is 76.7 cm³/mol. The lowest BCUT2D eigenvalue weighted by atomic mass is 10.1. The molecule has 0 unspecified atom stereocenters. The van der Waals surface area contributed by atoms with Crippen LogP contribution in [-0.4, -0.2) is 32.6 Å². The normalized spacial score (nSPS) is 12.3. The van der Waals surface area contributed by atoms with E-state index in [1.54, 1.807) is 4.68 Å². The van der Waals surface area contributed by atoms with Crippen LogP contribution in [0, 0.1) is 0 Å². The lowest BCUT2D eigenvalue weighted by Crippen LogP contribution is -2.18. The zero-order chi connectivity index (χ0) is 14.4. The van der Waals surface area contributed by atoms with Gasteiger partial charge in [0.1, 0.15) is 17.9 Å². The quantitative estimate of drug-likeness (QED) is 0.840. The molecule has 0 aliphatic heterocycles. The molecular weight excluding hydrogens is 254 g/mol. The molecule has 0 bridgehead atoms. The highest BCUT2D eigenvalue weighted by Crippen LogP contribution is 2.14. The molecule has 0 spiro atoms. The van der Waals surface area contributed by atoms with Crippen LogP contribution in [-0.2, 0) is 13.0 Å². The van der Waals surface area contributed by atoms with E-state index in [1.165, 1.54) is 6.33 Å². The van der Waals surface area contributed by atoms with Crippen molar-refractivity contribution < 1.29 is 9.84 Å².